The summed E-state index contributed by atoms with van der Waals surface area (Å²) < 4.78 is 41.0. The summed E-state index contributed by atoms with van der Waals surface area (Å²) in [5.41, 5.74) is -0.0538. The first-order valence-corrected chi connectivity index (χ1v) is 11.8. The normalized spacial score (nSPS) is 17.0. The number of anilines is 1. The van der Waals surface area contributed by atoms with Gasteiger partial charge in [-0.05, 0) is 19.2 Å². The molecule has 174 valence electrons. The van der Waals surface area contributed by atoms with E-state index >= 15 is 0 Å². The van der Waals surface area contributed by atoms with Crippen molar-refractivity contribution in [2.75, 3.05) is 31.5 Å². The molecule has 2 aliphatic heterocycles. The Morgan fingerprint density at radius 2 is 1.81 bits per heavy atom. The SMILES string of the molecule is C=[C-]N1CC(C(=O)Nc2cccc(CS(=O)(=O)N3CCC(=O)CC3)c2F)C1.C[C-](C)C.[U+2]. The molecule has 0 aromatic heterocycles. The van der Waals surface area contributed by atoms with Gasteiger partial charge in [0.15, 0.2) is 5.82 Å². The first kappa shape index (κ1) is 28.8. The van der Waals surface area contributed by atoms with Crippen LogP contribution >= 0.6 is 0 Å². The fourth-order valence-electron chi connectivity index (χ4n) is 3.10. The van der Waals surface area contributed by atoms with Gasteiger partial charge in [-0.1, -0.05) is 12.1 Å². The Hall–Kier alpha value is -1.21. The second kappa shape index (κ2) is 12.9. The predicted octanol–water partition coefficient (Wildman–Crippen LogP) is 2.76. The Morgan fingerprint density at radius 1 is 1.25 bits per heavy atom. The Kier molecular flexibility index (Phi) is 11.6. The number of halogens is 1. The van der Waals surface area contributed by atoms with Crippen LogP contribution in [-0.2, 0) is 25.4 Å². The van der Waals surface area contributed by atoms with Crippen LogP contribution in [0.3, 0.4) is 0 Å². The zero-order valence-electron chi connectivity index (χ0n) is 18.8. The minimum absolute atomic E-state index is 0. The van der Waals surface area contributed by atoms with E-state index in [4.69, 9.17) is 0 Å². The number of hydrogen-bond acceptors (Lipinski definition) is 5. The Balaban J connectivity index is 0.000000945. The van der Waals surface area contributed by atoms with Gasteiger partial charge >= 0.3 is 31.1 Å². The number of benzene rings is 1. The molecule has 32 heavy (non-hydrogen) atoms. The molecule has 7 nitrogen and oxygen atoms in total. The van der Waals surface area contributed by atoms with E-state index in [1.54, 1.807) is 4.90 Å². The molecule has 0 aliphatic carbocycles. The van der Waals surface area contributed by atoms with E-state index in [1.165, 1.54) is 28.4 Å². The van der Waals surface area contributed by atoms with Gasteiger partial charge in [0.1, 0.15) is 5.78 Å². The average molecular weight is 690 g/mol. The maximum atomic E-state index is 14.7. The van der Waals surface area contributed by atoms with E-state index in [2.05, 4.69) is 38.9 Å². The molecule has 10 heteroatoms. The molecule has 1 amide bonds. The molecule has 3 rings (SSSR count). The summed E-state index contributed by atoms with van der Waals surface area (Å²) in [6, 6.07) is 4.29. The number of nitrogens with one attached hydrogen (secondary N) is 1. The number of piperidine rings is 1. The summed E-state index contributed by atoms with van der Waals surface area (Å²) >= 11 is 0. The van der Waals surface area contributed by atoms with Crippen molar-refractivity contribution in [3.05, 3.63) is 48.3 Å². The van der Waals surface area contributed by atoms with Gasteiger partial charge in [0.25, 0.3) is 0 Å². The van der Waals surface area contributed by atoms with E-state index < -0.39 is 21.6 Å². The molecule has 1 aromatic carbocycles. The van der Waals surface area contributed by atoms with Crippen LogP contribution in [0, 0.1) is 55.0 Å². The minimum Gasteiger partial charge on any atom is -0.553 e. The monoisotopic (exact) mass is 689 g/mol. The number of Topliss-reactive ketones (excluding diaryl/α,β-unsaturated/α-hetero) is 1. The van der Waals surface area contributed by atoms with E-state index in [0.717, 1.165) is 0 Å². The van der Waals surface area contributed by atoms with Crippen LogP contribution < -0.4 is 5.32 Å². The fourth-order valence-corrected chi connectivity index (χ4v) is 4.64. The molecule has 0 bridgehead atoms. The zero-order valence-corrected chi connectivity index (χ0v) is 23.8. The molecule has 0 spiro atoms. The van der Waals surface area contributed by atoms with Crippen molar-refractivity contribution in [2.24, 2.45) is 5.92 Å². The summed E-state index contributed by atoms with van der Waals surface area (Å²) in [6.07, 6.45) is 3.02. The van der Waals surface area contributed by atoms with Gasteiger partial charge in [0.2, 0.25) is 15.9 Å². The van der Waals surface area contributed by atoms with Crippen molar-refractivity contribution in [3.63, 3.8) is 0 Å². The van der Waals surface area contributed by atoms with E-state index in [9.17, 15) is 22.4 Å². The molecule has 0 saturated carbocycles. The molecule has 2 aliphatic rings. The van der Waals surface area contributed by atoms with E-state index in [-0.39, 0.29) is 85.9 Å². The molecular weight excluding hydrogens is 659 g/mol. The third kappa shape index (κ3) is 8.29. The molecule has 0 radical (unpaired) electrons. The number of sulfonamides is 1. The maximum Gasteiger partial charge on any atom is 2.00 e. The molecule has 2 fully saturated rings. The fraction of sp³-hybridized carbons (Fsp3) is 0.500. The van der Waals surface area contributed by atoms with Crippen LogP contribution in [0.1, 0.15) is 39.2 Å². The second-order valence-electron chi connectivity index (χ2n) is 8.22. The molecule has 1 N–H and O–H groups in total. The maximum absolute atomic E-state index is 14.7. The van der Waals surface area contributed by atoms with Gasteiger partial charge in [-0.25, -0.2) is 17.1 Å². The largest absolute Gasteiger partial charge is 2.00 e. The number of likely N-dealkylation sites (tertiary alicyclic amines) is 1. The van der Waals surface area contributed by atoms with Crippen molar-refractivity contribution >= 4 is 27.4 Å². The van der Waals surface area contributed by atoms with Crippen LogP contribution in [-0.4, -0.2) is 55.5 Å². The minimum atomic E-state index is -3.74. The topological polar surface area (TPSA) is 86.8 Å². The molecule has 0 unspecified atom stereocenters. The van der Waals surface area contributed by atoms with E-state index in [1.807, 2.05) is 0 Å². The molecule has 2 heterocycles. The third-order valence-electron chi connectivity index (χ3n) is 4.82. The summed E-state index contributed by atoms with van der Waals surface area (Å²) in [5, 5.41) is 2.53. The number of hydrogen-bond donors (Lipinski definition) is 1. The van der Waals surface area contributed by atoms with Crippen molar-refractivity contribution in [1.29, 1.82) is 0 Å². The van der Waals surface area contributed by atoms with Crippen LogP contribution in [0.4, 0.5) is 10.1 Å². The summed E-state index contributed by atoms with van der Waals surface area (Å²) in [4.78, 5) is 25.2. The predicted molar refractivity (Wildman–Crippen MR) is 118 cm³/mol. The first-order chi connectivity index (χ1) is 14.5. The average Bonchev–Trinajstić information content (AvgIpc) is 2.64. The Labute approximate surface area is 214 Å². The van der Waals surface area contributed by atoms with Gasteiger partial charge in [0.05, 0.1) is 17.4 Å². The number of amides is 1. The zero-order chi connectivity index (χ0) is 23.2. The van der Waals surface area contributed by atoms with Crippen molar-refractivity contribution in [3.8, 4) is 0 Å². The smallest absolute Gasteiger partial charge is 0.553 e. The van der Waals surface area contributed by atoms with Crippen LogP contribution in [0.2, 0.25) is 0 Å². The number of nitrogens with zero attached hydrogens (tertiary/aromatic N) is 2. The Bertz CT molecular complexity index is 905. The number of carbonyl (C=O) groups is 2. The second-order valence-corrected chi connectivity index (χ2v) is 10.2. The van der Waals surface area contributed by atoms with Crippen molar-refractivity contribution < 1.29 is 53.5 Å². The van der Waals surface area contributed by atoms with Crippen LogP contribution in [0.15, 0.2) is 24.8 Å². The van der Waals surface area contributed by atoms with Gasteiger partial charge in [-0.2, -0.15) is 20.8 Å². The number of ketones is 1. The van der Waals surface area contributed by atoms with Gasteiger partial charge in [-0.3, -0.25) is 16.2 Å². The number of rotatable bonds is 6. The van der Waals surface area contributed by atoms with Crippen LogP contribution in [0.25, 0.3) is 0 Å². The standard InChI is InChI=1S/C18H21FN3O4S.C4H9.U/c1-2-21-10-14(11-21)18(24)20-16-5-3-4-13(17(16)19)12-27(25,26)22-8-6-15(23)7-9-22;1-4(2)3;/h3-5,14H,1,6-12H2,(H,20,24);1-3H3;/q2*-1;+2. The molecule has 1 aromatic rings. The molecule has 2 saturated heterocycles. The summed E-state index contributed by atoms with van der Waals surface area (Å²) in [7, 11) is -3.74. The van der Waals surface area contributed by atoms with Crippen molar-refractivity contribution in [1.82, 2.24) is 9.21 Å². The van der Waals surface area contributed by atoms with Gasteiger partial charge < -0.3 is 22.3 Å². The summed E-state index contributed by atoms with van der Waals surface area (Å²) in [6.45, 7) is 10.9. The van der Waals surface area contributed by atoms with Crippen LogP contribution in [0.5, 0.6) is 0 Å². The van der Waals surface area contributed by atoms with Gasteiger partial charge in [0, 0.05) is 31.5 Å². The third-order valence-corrected chi connectivity index (χ3v) is 6.65. The number of carbonyl (C=O) groups excluding carboxylic acids is 2. The first-order valence-electron chi connectivity index (χ1n) is 10.2. The van der Waals surface area contributed by atoms with Gasteiger partial charge in [-0.15, -0.1) is 0 Å². The van der Waals surface area contributed by atoms with Crippen molar-refractivity contribution in [2.45, 2.75) is 39.4 Å². The Morgan fingerprint density at radius 3 is 2.34 bits per heavy atom. The quantitative estimate of drug-likeness (QED) is 0.465. The molecule has 0 atom stereocenters. The van der Waals surface area contributed by atoms with E-state index in [0.29, 0.717) is 13.1 Å². The molecular formula is C22H30FN3O4SU. The summed E-state index contributed by atoms with van der Waals surface area (Å²) in [5.74, 6) is -0.430.